The lowest BCUT2D eigenvalue weighted by molar-refractivity contribution is 0.452. The van der Waals surface area contributed by atoms with E-state index in [1.807, 2.05) is 18.2 Å². The molecular weight excluding hydrogens is 467 g/mol. The monoisotopic (exact) mass is 498 g/mol. The quantitative estimate of drug-likeness (QED) is 0.309. The Bertz CT molecular complexity index is 1310. The van der Waals surface area contributed by atoms with Gasteiger partial charge < -0.3 is 5.73 Å². The van der Waals surface area contributed by atoms with Crippen molar-refractivity contribution in [3.63, 3.8) is 0 Å². The molecule has 0 aliphatic heterocycles. The van der Waals surface area contributed by atoms with Gasteiger partial charge in [-0.15, -0.1) is 0 Å². The van der Waals surface area contributed by atoms with E-state index in [2.05, 4.69) is 66.4 Å². The number of rotatable bonds is 8. The van der Waals surface area contributed by atoms with Gasteiger partial charge in [0.25, 0.3) is 0 Å². The van der Waals surface area contributed by atoms with Crippen LogP contribution in [0.15, 0.2) is 108 Å². The Morgan fingerprint density at radius 2 is 1.92 bits per heavy atom. The molecule has 0 spiro atoms. The van der Waals surface area contributed by atoms with Crippen LogP contribution < -0.4 is 10.5 Å². The van der Waals surface area contributed by atoms with Crippen molar-refractivity contribution < 1.29 is 4.39 Å². The summed E-state index contributed by atoms with van der Waals surface area (Å²) in [7, 11) is 0. The van der Waals surface area contributed by atoms with E-state index in [1.54, 1.807) is 24.5 Å². The molecule has 1 aromatic heterocycles. The summed E-state index contributed by atoms with van der Waals surface area (Å²) in [6, 6.07) is 20.5. The summed E-state index contributed by atoms with van der Waals surface area (Å²) in [5.74, 6) is -0.294. The Labute approximate surface area is 218 Å². The molecular formula is C30H31FN4S. The number of thiol groups is 1. The van der Waals surface area contributed by atoms with Gasteiger partial charge in [-0.05, 0) is 97.1 Å². The highest BCUT2D eigenvalue weighted by Crippen LogP contribution is 2.51. The van der Waals surface area contributed by atoms with Gasteiger partial charge in [0.05, 0.1) is 17.1 Å². The highest BCUT2D eigenvalue weighted by Gasteiger charge is 2.42. The van der Waals surface area contributed by atoms with Crippen molar-refractivity contribution in [1.29, 1.82) is 0 Å². The standard InChI is InChI=1S/C30H31FN4S/c1-21-7-3-4-8-23(21)18-30(22(2)28-9-5-6-15-33-28)19-24(20-32)29(17-25(30)14-16-34-36)35-27-12-10-26(31)11-13-27/h3-13,15,17,20,34,36H,2,14,16,18-19,32H2,1H3. The molecule has 0 bridgehead atoms. The number of nitrogens with two attached hydrogens (primary N) is 1. The zero-order valence-electron chi connectivity index (χ0n) is 20.4. The minimum absolute atomic E-state index is 0.294. The average Bonchev–Trinajstić information content (AvgIpc) is 2.91. The van der Waals surface area contributed by atoms with Gasteiger partial charge in [0.15, 0.2) is 0 Å². The minimum atomic E-state index is -0.460. The first kappa shape index (κ1) is 25.6. The number of aromatic nitrogens is 1. The second-order valence-electron chi connectivity index (χ2n) is 9.05. The highest BCUT2D eigenvalue weighted by molar-refractivity contribution is 7.78. The van der Waals surface area contributed by atoms with E-state index < -0.39 is 5.41 Å². The Balaban J connectivity index is 1.91. The molecule has 0 radical (unpaired) electrons. The van der Waals surface area contributed by atoms with Crippen molar-refractivity contribution in [2.75, 3.05) is 6.54 Å². The molecule has 4 rings (SSSR count). The number of hydrogen-bond donors (Lipinski definition) is 3. The van der Waals surface area contributed by atoms with Gasteiger partial charge in [-0.2, -0.15) is 0 Å². The van der Waals surface area contributed by atoms with Crippen LogP contribution in [0, 0.1) is 18.2 Å². The maximum atomic E-state index is 13.5. The molecule has 1 unspecified atom stereocenters. The Morgan fingerprint density at radius 1 is 1.17 bits per heavy atom. The summed E-state index contributed by atoms with van der Waals surface area (Å²) in [5, 5.41) is 0. The van der Waals surface area contributed by atoms with Crippen LogP contribution >= 0.6 is 12.8 Å². The third-order valence-corrected chi connectivity index (χ3v) is 7.06. The second-order valence-corrected chi connectivity index (χ2v) is 9.36. The number of nitrogens with one attached hydrogen (secondary N) is 1. The molecule has 0 saturated heterocycles. The summed E-state index contributed by atoms with van der Waals surface area (Å²) >= 11 is 4.25. The molecule has 184 valence electrons. The Kier molecular flexibility index (Phi) is 8.18. The lowest BCUT2D eigenvalue weighted by atomic mass is 9.61. The maximum Gasteiger partial charge on any atom is 0.123 e. The van der Waals surface area contributed by atoms with Crippen molar-refractivity contribution in [3.8, 4) is 0 Å². The molecule has 0 fully saturated rings. The van der Waals surface area contributed by atoms with E-state index in [1.165, 1.54) is 28.8 Å². The smallest absolute Gasteiger partial charge is 0.123 e. The topological polar surface area (TPSA) is 63.3 Å². The van der Waals surface area contributed by atoms with Crippen LogP contribution in [0.2, 0.25) is 0 Å². The first-order valence-corrected chi connectivity index (χ1v) is 12.4. The normalized spacial score (nSPS) is 19.9. The van der Waals surface area contributed by atoms with Gasteiger partial charge in [0.1, 0.15) is 5.82 Å². The second kappa shape index (κ2) is 11.5. The summed E-state index contributed by atoms with van der Waals surface area (Å²) in [5.41, 5.74) is 13.5. The van der Waals surface area contributed by atoms with Gasteiger partial charge >= 0.3 is 0 Å². The number of aliphatic imine (C=N–C) groups is 1. The molecule has 3 N–H and O–H groups in total. The zero-order valence-corrected chi connectivity index (χ0v) is 21.3. The van der Waals surface area contributed by atoms with Crippen molar-refractivity contribution in [1.82, 2.24) is 9.71 Å². The fourth-order valence-corrected chi connectivity index (χ4v) is 4.95. The lowest BCUT2D eigenvalue weighted by Crippen LogP contribution is -2.35. The molecule has 1 aliphatic carbocycles. The molecule has 1 atom stereocenters. The van der Waals surface area contributed by atoms with Gasteiger partial charge in [-0.3, -0.25) is 9.71 Å². The molecule has 0 amide bonds. The first-order valence-electron chi connectivity index (χ1n) is 12.0. The van der Waals surface area contributed by atoms with Crippen molar-refractivity contribution in [2.24, 2.45) is 16.1 Å². The van der Waals surface area contributed by atoms with Crippen LogP contribution in [0.3, 0.4) is 0 Å². The van der Waals surface area contributed by atoms with E-state index in [0.717, 1.165) is 35.4 Å². The van der Waals surface area contributed by atoms with Gasteiger partial charge in [0.2, 0.25) is 0 Å². The number of allylic oxidation sites excluding steroid dienone is 3. The van der Waals surface area contributed by atoms with Crippen LogP contribution in [0.5, 0.6) is 0 Å². The number of halogens is 1. The highest BCUT2D eigenvalue weighted by atomic mass is 32.1. The van der Waals surface area contributed by atoms with E-state index in [0.29, 0.717) is 18.7 Å². The molecule has 3 aromatic rings. The van der Waals surface area contributed by atoms with E-state index >= 15 is 0 Å². The summed E-state index contributed by atoms with van der Waals surface area (Å²) < 4.78 is 16.5. The van der Waals surface area contributed by atoms with Crippen molar-refractivity contribution in [2.45, 2.75) is 26.2 Å². The molecule has 36 heavy (non-hydrogen) atoms. The summed E-state index contributed by atoms with van der Waals surface area (Å²) in [6.45, 7) is 7.41. The Morgan fingerprint density at radius 3 is 2.58 bits per heavy atom. The fourth-order valence-electron chi connectivity index (χ4n) is 4.83. The van der Waals surface area contributed by atoms with Crippen molar-refractivity contribution >= 4 is 29.8 Å². The molecule has 6 heteroatoms. The number of nitrogens with zero attached hydrogens (tertiary/aromatic N) is 2. The first-order chi connectivity index (χ1) is 17.5. The van der Waals surface area contributed by atoms with Crippen molar-refractivity contribution in [3.05, 3.63) is 126 Å². The van der Waals surface area contributed by atoms with Crippen LogP contribution in [0.25, 0.3) is 5.57 Å². The van der Waals surface area contributed by atoms with E-state index in [-0.39, 0.29) is 5.82 Å². The SMILES string of the molecule is C=C(c1ccccn1)C1(Cc2ccccc2C)CC(=CN)C(=Nc2ccc(F)cc2)C=C1CCNS. The molecule has 1 aliphatic rings. The molecule has 4 nitrogen and oxygen atoms in total. The Hall–Kier alpha value is -3.48. The molecule has 2 aromatic carbocycles. The van der Waals surface area contributed by atoms with Gasteiger partial charge in [-0.25, -0.2) is 9.38 Å². The van der Waals surface area contributed by atoms with Crippen LogP contribution in [0.1, 0.15) is 29.7 Å². The number of benzene rings is 2. The maximum absolute atomic E-state index is 13.5. The van der Waals surface area contributed by atoms with Crippen LogP contribution in [-0.2, 0) is 6.42 Å². The third kappa shape index (κ3) is 5.50. The number of aryl methyl sites for hydroxylation is 1. The average molecular weight is 499 g/mol. The number of pyridine rings is 1. The van der Waals surface area contributed by atoms with Crippen LogP contribution in [0.4, 0.5) is 10.1 Å². The lowest BCUT2D eigenvalue weighted by Gasteiger charge is -2.42. The van der Waals surface area contributed by atoms with E-state index in [4.69, 9.17) is 10.7 Å². The van der Waals surface area contributed by atoms with Gasteiger partial charge in [-0.1, -0.05) is 55.3 Å². The van der Waals surface area contributed by atoms with E-state index in [9.17, 15) is 4.39 Å². The molecule has 1 heterocycles. The summed E-state index contributed by atoms with van der Waals surface area (Å²) in [4.78, 5) is 9.48. The zero-order chi connectivity index (χ0) is 25.5. The number of hydrogen-bond acceptors (Lipinski definition) is 5. The summed E-state index contributed by atoms with van der Waals surface area (Å²) in [6.07, 6.45) is 7.64. The predicted molar refractivity (Wildman–Crippen MR) is 151 cm³/mol. The largest absolute Gasteiger partial charge is 0.404 e. The van der Waals surface area contributed by atoms with Gasteiger partial charge in [0, 0.05) is 18.2 Å². The minimum Gasteiger partial charge on any atom is -0.404 e. The molecule has 0 saturated carbocycles. The third-order valence-electron chi connectivity index (χ3n) is 6.84. The fraction of sp³-hybridized carbons (Fsp3) is 0.200. The van der Waals surface area contributed by atoms with Crippen LogP contribution in [-0.4, -0.2) is 17.2 Å². The predicted octanol–water partition coefficient (Wildman–Crippen LogP) is 6.54.